The van der Waals surface area contributed by atoms with Crippen LogP contribution in [0, 0.1) is 0 Å². The van der Waals surface area contributed by atoms with Gasteiger partial charge in [-0.15, -0.1) is 0 Å². The molecule has 0 heterocycles. The summed E-state index contributed by atoms with van der Waals surface area (Å²) in [5.74, 6) is -1.27. The Morgan fingerprint density at radius 3 is 1.24 bits per heavy atom. The number of carbonyl (C=O) groups excluding carboxylic acids is 2. The van der Waals surface area contributed by atoms with Crippen molar-refractivity contribution in [3.05, 3.63) is 12.2 Å². The lowest BCUT2D eigenvalue weighted by atomic mass is 10.0. The van der Waals surface area contributed by atoms with Crippen molar-refractivity contribution in [3.63, 3.8) is 0 Å². The standard InChI is InChI=1S/C38H72O4/c1-3-5-7-9-11-13-15-17-19-21-22-24-26-28-30-32-34-36(39)38(41)42-37(40)35-33-31-29-27-25-23-20-18-16-14-12-10-8-6-4-2/h18,20,36,39H,3-17,19,21-35H2,1-2H3/b20-18-. The number of esters is 2. The van der Waals surface area contributed by atoms with Gasteiger partial charge in [0, 0.05) is 6.42 Å². The van der Waals surface area contributed by atoms with E-state index in [-0.39, 0.29) is 6.42 Å². The van der Waals surface area contributed by atoms with Crippen LogP contribution in [0.4, 0.5) is 0 Å². The molecule has 0 aromatic heterocycles. The summed E-state index contributed by atoms with van der Waals surface area (Å²) in [5.41, 5.74) is 0. The fourth-order valence-electron chi connectivity index (χ4n) is 5.57. The van der Waals surface area contributed by atoms with Gasteiger partial charge in [0.25, 0.3) is 0 Å². The molecular weight excluding hydrogens is 520 g/mol. The summed E-state index contributed by atoms with van der Waals surface area (Å²) in [6.45, 7) is 4.53. The fraction of sp³-hybridized carbons (Fsp3) is 0.895. The molecule has 248 valence electrons. The first kappa shape index (κ1) is 40.8. The van der Waals surface area contributed by atoms with Crippen molar-refractivity contribution in [3.8, 4) is 0 Å². The Morgan fingerprint density at radius 2 is 0.833 bits per heavy atom. The van der Waals surface area contributed by atoms with Crippen molar-refractivity contribution in [2.75, 3.05) is 0 Å². The second-order valence-electron chi connectivity index (χ2n) is 12.7. The van der Waals surface area contributed by atoms with Gasteiger partial charge in [-0.05, 0) is 38.5 Å². The lowest BCUT2D eigenvalue weighted by molar-refractivity contribution is -0.166. The molecule has 0 aliphatic rings. The van der Waals surface area contributed by atoms with Crippen molar-refractivity contribution < 1.29 is 19.4 Å². The largest absolute Gasteiger partial charge is 0.391 e. The quantitative estimate of drug-likeness (QED) is 0.0356. The minimum atomic E-state index is -1.17. The first-order valence-corrected chi connectivity index (χ1v) is 18.7. The number of ether oxygens (including phenoxy) is 1. The predicted octanol–water partition coefficient (Wildman–Crippen LogP) is 12.1. The maximum atomic E-state index is 12.0. The van der Waals surface area contributed by atoms with Crippen molar-refractivity contribution >= 4 is 11.9 Å². The molecule has 0 fully saturated rings. The molecule has 0 amide bonds. The van der Waals surface area contributed by atoms with Crippen LogP contribution >= 0.6 is 0 Å². The molecule has 0 rings (SSSR count). The first-order chi connectivity index (χ1) is 20.6. The Balaban J connectivity index is 3.44. The Kier molecular flexibility index (Phi) is 33.4. The molecule has 0 radical (unpaired) electrons. The number of allylic oxidation sites excluding steroid dienone is 2. The number of unbranched alkanes of at least 4 members (excludes halogenated alkanes) is 26. The van der Waals surface area contributed by atoms with E-state index in [9.17, 15) is 14.7 Å². The highest BCUT2D eigenvalue weighted by Crippen LogP contribution is 2.15. The molecule has 0 bridgehead atoms. The summed E-state index contributed by atoms with van der Waals surface area (Å²) < 4.78 is 4.87. The summed E-state index contributed by atoms with van der Waals surface area (Å²) in [5, 5.41) is 10.1. The van der Waals surface area contributed by atoms with Gasteiger partial charge in [0.1, 0.15) is 0 Å². The van der Waals surface area contributed by atoms with E-state index in [4.69, 9.17) is 4.74 Å². The molecule has 0 spiro atoms. The van der Waals surface area contributed by atoms with Crippen LogP contribution < -0.4 is 0 Å². The molecule has 42 heavy (non-hydrogen) atoms. The van der Waals surface area contributed by atoms with Crippen LogP contribution in [0.1, 0.15) is 213 Å². The molecular formula is C38H72O4. The molecule has 1 unspecified atom stereocenters. The third kappa shape index (κ3) is 31.8. The monoisotopic (exact) mass is 593 g/mol. The Hall–Kier alpha value is -1.16. The van der Waals surface area contributed by atoms with Crippen LogP contribution in [0.3, 0.4) is 0 Å². The molecule has 4 heteroatoms. The van der Waals surface area contributed by atoms with Crippen molar-refractivity contribution in [1.82, 2.24) is 0 Å². The van der Waals surface area contributed by atoms with Gasteiger partial charge in [0.05, 0.1) is 0 Å². The molecule has 0 aromatic rings. The SMILES string of the molecule is CCCCCCCC/C=C\CCCCCCCC(=O)OC(=O)C(O)CCCCCCCCCCCCCCCCCC. The zero-order valence-electron chi connectivity index (χ0n) is 28.3. The van der Waals surface area contributed by atoms with Crippen LogP contribution in [0.15, 0.2) is 12.2 Å². The van der Waals surface area contributed by atoms with Gasteiger partial charge in [-0.3, -0.25) is 4.79 Å². The van der Waals surface area contributed by atoms with Crippen molar-refractivity contribution in [2.24, 2.45) is 0 Å². The molecule has 0 aliphatic heterocycles. The van der Waals surface area contributed by atoms with E-state index in [0.717, 1.165) is 44.9 Å². The number of carbonyl (C=O) groups is 2. The Labute approximate surface area is 262 Å². The van der Waals surface area contributed by atoms with Crippen LogP contribution in [0.5, 0.6) is 0 Å². The summed E-state index contributed by atoms with van der Waals surface area (Å²) >= 11 is 0. The van der Waals surface area contributed by atoms with E-state index in [1.54, 1.807) is 0 Å². The number of hydrogen-bond donors (Lipinski definition) is 1. The third-order valence-corrected chi connectivity index (χ3v) is 8.46. The summed E-state index contributed by atoms with van der Waals surface area (Å²) in [7, 11) is 0. The Bertz CT molecular complexity index is 600. The molecule has 4 nitrogen and oxygen atoms in total. The highest BCUT2D eigenvalue weighted by atomic mass is 16.6. The molecule has 0 aliphatic carbocycles. The van der Waals surface area contributed by atoms with Crippen LogP contribution in [-0.2, 0) is 14.3 Å². The second kappa shape index (κ2) is 34.3. The van der Waals surface area contributed by atoms with Crippen molar-refractivity contribution in [2.45, 2.75) is 219 Å². The van der Waals surface area contributed by atoms with Crippen LogP contribution in [0.2, 0.25) is 0 Å². The number of rotatable bonds is 33. The van der Waals surface area contributed by atoms with E-state index in [1.807, 2.05) is 0 Å². The normalized spacial score (nSPS) is 12.3. The van der Waals surface area contributed by atoms with E-state index in [2.05, 4.69) is 26.0 Å². The van der Waals surface area contributed by atoms with Gasteiger partial charge in [-0.25, -0.2) is 4.79 Å². The minimum Gasteiger partial charge on any atom is -0.391 e. The van der Waals surface area contributed by atoms with Gasteiger partial charge in [-0.1, -0.05) is 180 Å². The maximum Gasteiger partial charge on any atom is 0.342 e. The fourth-order valence-corrected chi connectivity index (χ4v) is 5.57. The van der Waals surface area contributed by atoms with Gasteiger partial charge in [-0.2, -0.15) is 0 Å². The van der Waals surface area contributed by atoms with E-state index in [0.29, 0.717) is 6.42 Å². The minimum absolute atomic E-state index is 0.260. The lowest BCUT2D eigenvalue weighted by Crippen LogP contribution is -2.25. The maximum absolute atomic E-state index is 12.0. The number of aliphatic hydroxyl groups excluding tert-OH is 1. The molecule has 0 saturated carbocycles. The molecule has 1 atom stereocenters. The van der Waals surface area contributed by atoms with Crippen LogP contribution in [-0.4, -0.2) is 23.1 Å². The highest BCUT2D eigenvalue weighted by molar-refractivity contribution is 5.87. The predicted molar refractivity (Wildman–Crippen MR) is 181 cm³/mol. The lowest BCUT2D eigenvalue weighted by Gasteiger charge is -2.09. The van der Waals surface area contributed by atoms with Gasteiger partial charge in [0.15, 0.2) is 6.10 Å². The second-order valence-corrected chi connectivity index (χ2v) is 12.7. The third-order valence-electron chi connectivity index (χ3n) is 8.46. The van der Waals surface area contributed by atoms with Crippen molar-refractivity contribution in [1.29, 1.82) is 0 Å². The van der Waals surface area contributed by atoms with Gasteiger partial charge in [0.2, 0.25) is 0 Å². The zero-order chi connectivity index (χ0) is 30.8. The topological polar surface area (TPSA) is 63.6 Å². The summed E-state index contributed by atoms with van der Waals surface area (Å²) in [6, 6.07) is 0. The summed E-state index contributed by atoms with van der Waals surface area (Å²) in [6.07, 6.45) is 40.5. The number of hydrogen-bond acceptors (Lipinski definition) is 4. The highest BCUT2D eigenvalue weighted by Gasteiger charge is 2.19. The van der Waals surface area contributed by atoms with Gasteiger partial charge >= 0.3 is 11.9 Å². The van der Waals surface area contributed by atoms with E-state index in [1.165, 1.54) is 141 Å². The molecule has 0 aromatic carbocycles. The van der Waals surface area contributed by atoms with Crippen LogP contribution in [0.25, 0.3) is 0 Å². The van der Waals surface area contributed by atoms with Gasteiger partial charge < -0.3 is 9.84 Å². The first-order valence-electron chi connectivity index (χ1n) is 18.7. The summed E-state index contributed by atoms with van der Waals surface area (Å²) in [4.78, 5) is 24.0. The number of aliphatic hydroxyl groups is 1. The molecule has 1 N–H and O–H groups in total. The smallest absolute Gasteiger partial charge is 0.342 e. The Morgan fingerprint density at radius 1 is 0.500 bits per heavy atom. The molecule has 0 saturated heterocycles. The zero-order valence-corrected chi connectivity index (χ0v) is 28.3. The average Bonchev–Trinajstić information content (AvgIpc) is 2.98. The average molecular weight is 593 g/mol. The van der Waals surface area contributed by atoms with E-state index < -0.39 is 18.0 Å². The van der Waals surface area contributed by atoms with E-state index >= 15 is 0 Å².